The van der Waals surface area contributed by atoms with Gasteiger partial charge in [-0.1, -0.05) is 12.1 Å². The molecule has 0 spiro atoms. The van der Waals surface area contributed by atoms with Crippen LogP contribution in [0.2, 0.25) is 0 Å². The van der Waals surface area contributed by atoms with Crippen LogP contribution in [0.3, 0.4) is 0 Å². The van der Waals surface area contributed by atoms with E-state index in [1.165, 1.54) is 29.8 Å². The van der Waals surface area contributed by atoms with Crippen LogP contribution in [0.25, 0.3) is 22.1 Å². The number of carbonyl (C=O) groups is 1. The highest BCUT2D eigenvalue weighted by Crippen LogP contribution is 2.34. The first-order valence-corrected chi connectivity index (χ1v) is 11.3. The minimum absolute atomic E-state index is 0.0618. The van der Waals surface area contributed by atoms with Crippen molar-refractivity contribution in [3.63, 3.8) is 0 Å². The first kappa shape index (κ1) is 20.3. The lowest BCUT2D eigenvalue weighted by Crippen LogP contribution is -2.40. The fraction of sp³-hybridized carbons (Fsp3) is 0.238. The van der Waals surface area contributed by atoms with Crippen LogP contribution < -0.4 is 10.5 Å². The zero-order valence-electron chi connectivity index (χ0n) is 17.0. The van der Waals surface area contributed by atoms with Crippen molar-refractivity contribution in [1.82, 2.24) is 9.47 Å². The third-order valence-corrected chi connectivity index (χ3v) is 6.75. The molecule has 1 N–H and O–H groups in total. The van der Waals surface area contributed by atoms with E-state index in [-0.39, 0.29) is 21.9 Å². The number of fused-ring (bicyclic) bond motifs is 2. The summed E-state index contributed by atoms with van der Waals surface area (Å²) in [7, 11) is -2.60. The fourth-order valence-electron chi connectivity index (χ4n) is 3.68. The van der Waals surface area contributed by atoms with Crippen molar-refractivity contribution < 1.29 is 26.8 Å². The maximum atomic E-state index is 13.2. The van der Waals surface area contributed by atoms with Gasteiger partial charge >= 0.3 is 5.76 Å². The quantitative estimate of drug-likeness (QED) is 0.498. The Morgan fingerprint density at radius 3 is 2.56 bits per heavy atom. The summed E-state index contributed by atoms with van der Waals surface area (Å²) < 4.78 is 46.4. The third-order valence-electron chi connectivity index (χ3n) is 5.40. The zero-order valence-corrected chi connectivity index (χ0v) is 17.8. The van der Waals surface area contributed by atoms with Gasteiger partial charge in [-0.25, -0.2) is 13.2 Å². The average molecular weight is 457 g/mol. The molecular formula is C21H19N3O7S. The molecule has 0 radical (unpaired) electrons. The Morgan fingerprint density at radius 1 is 1.03 bits per heavy atom. The largest absolute Gasteiger partial charge is 0.449 e. The van der Waals surface area contributed by atoms with E-state index in [0.717, 1.165) is 0 Å². The summed E-state index contributed by atoms with van der Waals surface area (Å²) in [5.41, 5.74) is 1.05. The molecule has 0 atom stereocenters. The second-order valence-electron chi connectivity index (χ2n) is 7.37. The van der Waals surface area contributed by atoms with E-state index in [1.54, 1.807) is 29.2 Å². The van der Waals surface area contributed by atoms with Gasteiger partial charge in [-0.15, -0.1) is 0 Å². The number of nitrogens with zero attached hydrogens (tertiary/aromatic N) is 2. The number of aryl methyl sites for hydroxylation is 1. The molecule has 166 valence electrons. The Labute approximate surface area is 182 Å². The molecule has 1 fully saturated rings. The maximum Gasteiger partial charge on any atom is 0.419 e. The first-order chi connectivity index (χ1) is 15.3. The van der Waals surface area contributed by atoms with Crippen molar-refractivity contribution in [2.24, 2.45) is 7.05 Å². The number of carbonyl (C=O) groups excluding carboxylic acids is 1. The molecule has 0 aliphatic carbocycles. The van der Waals surface area contributed by atoms with Gasteiger partial charge in [0.2, 0.25) is 5.76 Å². The molecule has 5 rings (SSSR count). The van der Waals surface area contributed by atoms with Gasteiger partial charge in [-0.2, -0.15) is 0 Å². The van der Waals surface area contributed by atoms with Gasteiger partial charge in [0.05, 0.1) is 23.6 Å². The lowest BCUT2D eigenvalue weighted by Gasteiger charge is -2.26. The van der Waals surface area contributed by atoms with Crippen molar-refractivity contribution in [2.75, 3.05) is 31.0 Å². The van der Waals surface area contributed by atoms with Crippen molar-refractivity contribution >= 4 is 43.7 Å². The van der Waals surface area contributed by atoms with Crippen LogP contribution in [-0.4, -0.2) is 50.1 Å². The Morgan fingerprint density at radius 2 is 1.78 bits per heavy atom. The number of aromatic nitrogens is 1. The minimum Gasteiger partial charge on any atom is -0.449 e. The monoisotopic (exact) mass is 457 g/mol. The number of benzene rings is 2. The second-order valence-corrected chi connectivity index (χ2v) is 9.05. The molecule has 0 unspecified atom stereocenters. The topological polar surface area (TPSA) is 124 Å². The lowest BCUT2D eigenvalue weighted by atomic mass is 10.2. The van der Waals surface area contributed by atoms with E-state index >= 15 is 0 Å². The number of oxazole rings is 1. The zero-order chi connectivity index (χ0) is 22.5. The molecule has 11 heteroatoms. The van der Waals surface area contributed by atoms with Crippen LogP contribution >= 0.6 is 0 Å². The van der Waals surface area contributed by atoms with Gasteiger partial charge in [0.15, 0.2) is 5.58 Å². The number of hydrogen-bond donors (Lipinski definition) is 1. The molecule has 32 heavy (non-hydrogen) atoms. The van der Waals surface area contributed by atoms with Gasteiger partial charge in [-0.3, -0.25) is 14.1 Å². The van der Waals surface area contributed by atoms with Crippen LogP contribution in [-0.2, 0) is 21.8 Å². The maximum absolute atomic E-state index is 13.2. The fourth-order valence-corrected chi connectivity index (χ4v) is 4.78. The summed E-state index contributed by atoms with van der Waals surface area (Å²) in [6.07, 6.45) is 0. The van der Waals surface area contributed by atoms with Gasteiger partial charge in [0.1, 0.15) is 11.3 Å². The Kier molecular flexibility index (Phi) is 4.79. The highest BCUT2D eigenvalue weighted by molar-refractivity contribution is 7.92. The molecule has 3 heterocycles. The summed E-state index contributed by atoms with van der Waals surface area (Å²) in [5, 5.41) is 0.458. The van der Waals surface area contributed by atoms with Crippen molar-refractivity contribution in [1.29, 1.82) is 0 Å². The Bertz CT molecular complexity index is 1510. The molecule has 10 nitrogen and oxygen atoms in total. The molecule has 2 aromatic heterocycles. The van der Waals surface area contributed by atoms with Gasteiger partial charge < -0.3 is 18.5 Å². The molecule has 1 saturated heterocycles. The first-order valence-electron chi connectivity index (χ1n) is 9.86. The predicted octanol–water partition coefficient (Wildman–Crippen LogP) is 2.15. The van der Waals surface area contributed by atoms with Crippen LogP contribution in [0.5, 0.6) is 0 Å². The molecule has 0 saturated carbocycles. The molecule has 1 aliphatic rings. The third kappa shape index (κ3) is 3.35. The lowest BCUT2D eigenvalue weighted by molar-refractivity contribution is 0.0285. The van der Waals surface area contributed by atoms with Crippen molar-refractivity contribution in [3.8, 4) is 0 Å². The molecule has 1 amide bonds. The number of rotatable bonds is 4. The minimum atomic E-state index is -4.13. The van der Waals surface area contributed by atoms with Crippen LogP contribution in [0, 0.1) is 0 Å². The highest BCUT2D eigenvalue weighted by Gasteiger charge is 2.29. The summed E-state index contributed by atoms with van der Waals surface area (Å²) in [6, 6.07) is 10.9. The number of morpholine rings is 1. The van der Waals surface area contributed by atoms with E-state index in [4.69, 9.17) is 13.6 Å². The predicted molar refractivity (Wildman–Crippen MR) is 115 cm³/mol. The SMILES string of the molecule is Cn1c(=O)oc2cc(S(=O)(=O)Nc3c(C(=O)N4CCOCC4)oc4ccccc34)ccc21. The van der Waals surface area contributed by atoms with E-state index in [0.29, 0.717) is 42.8 Å². The van der Waals surface area contributed by atoms with Crippen molar-refractivity contribution in [2.45, 2.75) is 4.90 Å². The number of anilines is 1. The molecular weight excluding hydrogens is 438 g/mol. The van der Waals surface area contributed by atoms with Gasteiger partial charge in [0.25, 0.3) is 15.9 Å². The number of hydrogen-bond acceptors (Lipinski definition) is 7. The molecule has 1 aliphatic heterocycles. The average Bonchev–Trinajstić information content (AvgIpc) is 3.30. The van der Waals surface area contributed by atoms with Gasteiger partial charge in [-0.05, 0) is 24.3 Å². The Balaban J connectivity index is 1.58. The Hall–Kier alpha value is -3.57. The number of ether oxygens (including phenoxy) is 1. The van der Waals surface area contributed by atoms with E-state index < -0.39 is 21.7 Å². The van der Waals surface area contributed by atoms with Gasteiger partial charge in [0, 0.05) is 31.6 Å². The standard InChI is InChI=1S/C21H19N3O7S/c1-23-15-7-6-13(12-17(15)31-21(23)26)32(27,28)22-18-14-4-2-3-5-16(14)30-19(18)20(25)24-8-10-29-11-9-24/h2-7,12,22H,8-11H2,1H3. The summed E-state index contributed by atoms with van der Waals surface area (Å²) >= 11 is 0. The number of nitrogens with one attached hydrogen (secondary N) is 1. The van der Waals surface area contributed by atoms with Crippen LogP contribution in [0.15, 0.2) is 61.0 Å². The van der Waals surface area contributed by atoms with E-state index in [1.807, 2.05) is 0 Å². The van der Waals surface area contributed by atoms with E-state index in [2.05, 4.69) is 4.72 Å². The summed E-state index contributed by atoms with van der Waals surface area (Å²) in [5.74, 6) is -1.11. The highest BCUT2D eigenvalue weighted by atomic mass is 32.2. The smallest absolute Gasteiger partial charge is 0.419 e. The van der Waals surface area contributed by atoms with E-state index in [9.17, 15) is 18.0 Å². The van der Waals surface area contributed by atoms with Crippen LogP contribution in [0.1, 0.15) is 10.6 Å². The number of amides is 1. The molecule has 0 bridgehead atoms. The molecule has 4 aromatic rings. The number of sulfonamides is 1. The van der Waals surface area contributed by atoms with Crippen LogP contribution in [0.4, 0.5) is 5.69 Å². The second kappa shape index (κ2) is 7.53. The summed E-state index contributed by atoms with van der Waals surface area (Å²) in [4.78, 5) is 26.3. The summed E-state index contributed by atoms with van der Waals surface area (Å²) in [6.45, 7) is 1.56. The molecule has 2 aromatic carbocycles. The number of para-hydroxylation sites is 1. The number of furan rings is 1. The normalized spacial score (nSPS) is 14.8. The van der Waals surface area contributed by atoms with Crippen molar-refractivity contribution in [3.05, 3.63) is 58.8 Å².